The van der Waals surface area contributed by atoms with Crippen molar-refractivity contribution in [3.63, 3.8) is 0 Å². The fourth-order valence-electron chi connectivity index (χ4n) is 8.97. The molecule has 0 saturated carbocycles. The van der Waals surface area contributed by atoms with Gasteiger partial charge in [0.1, 0.15) is 0 Å². The van der Waals surface area contributed by atoms with Crippen LogP contribution in [0.1, 0.15) is 0 Å². The van der Waals surface area contributed by atoms with E-state index in [1.165, 1.54) is 110 Å². The maximum Gasteiger partial charge on any atom is -0.00259 e. The van der Waals surface area contributed by atoms with E-state index in [-0.39, 0.29) is 0 Å². The minimum atomic E-state index is 1.21. The first-order valence-corrected chi connectivity index (χ1v) is 19.4. The van der Waals surface area contributed by atoms with Crippen LogP contribution in [0.3, 0.4) is 0 Å². The van der Waals surface area contributed by atoms with E-state index in [0.29, 0.717) is 0 Å². The lowest BCUT2D eigenvalue weighted by molar-refractivity contribution is 1.57. The summed E-state index contributed by atoms with van der Waals surface area (Å²) in [5.41, 5.74) is 14.6. The third-order valence-electron chi connectivity index (χ3n) is 11.6. The normalized spacial score (nSPS) is 11.6. The van der Waals surface area contributed by atoms with Gasteiger partial charge in [-0.15, -0.1) is 0 Å². The molecular formula is C56H36. The molecule has 0 aromatic heterocycles. The second-order valence-electron chi connectivity index (χ2n) is 14.8. The van der Waals surface area contributed by atoms with Crippen molar-refractivity contribution in [2.75, 3.05) is 0 Å². The molecular weight excluding hydrogens is 673 g/mol. The second kappa shape index (κ2) is 13.2. The molecule has 0 aliphatic carbocycles. The van der Waals surface area contributed by atoms with Crippen LogP contribution in [0.5, 0.6) is 0 Å². The van der Waals surface area contributed by atoms with Crippen LogP contribution in [0, 0.1) is 0 Å². The second-order valence-corrected chi connectivity index (χ2v) is 14.8. The van der Waals surface area contributed by atoms with Gasteiger partial charge in [-0.3, -0.25) is 0 Å². The van der Waals surface area contributed by atoms with Gasteiger partial charge in [-0.2, -0.15) is 0 Å². The van der Waals surface area contributed by atoms with Crippen LogP contribution in [0.2, 0.25) is 0 Å². The summed E-state index contributed by atoms with van der Waals surface area (Å²) in [6.45, 7) is 0. The SMILES string of the molecule is c1ccc(-c2ccc(-c3ccccc3)c(-c3cc4cccc5c6cccc7cc(-c8cc(-c9ccccc9)ccc8-c8ccccc8)cc(c(c3)c45)c76)c2)cc1. The van der Waals surface area contributed by atoms with Crippen LogP contribution in [0.15, 0.2) is 218 Å². The summed E-state index contributed by atoms with van der Waals surface area (Å²) in [4.78, 5) is 0. The molecule has 11 rings (SSSR count). The third kappa shape index (κ3) is 5.38. The molecule has 11 aromatic rings. The van der Waals surface area contributed by atoms with E-state index >= 15 is 0 Å². The van der Waals surface area contributed by atoms with Gasteiger partial charge in [0.05, 0.1) is 0 Å². The fourth-order valence-corrected chi connectivity index (χ4v) is 8.97. The third-order valence-corrected chi connectivity index (χ3v) is 11.6. The predicted molar refractivity (Wildman–Crippen MR) is 240 cm³/mol. The Morgan fingerprint density at radius 2 is 0.554 bits per heavy atom. The molecule has 0 saturated heterocycles. The standard InChI is InChI=1S/C56H36/c1-5-15-37(16-6-1)41-27-29-47(39-19-9-3-10-20-39)51(33-41)45-31-43-23-13-25-49-50-26-14-24-44-32-46(36-54(56(44)50)53(35-45)55(43)49)52-34-42(38-17-7-2-8-18-38)28-30-48(52)40-21-11-4-12-22-40/h1-36H. The Morgan fingerprint density at radius 1 is 0.179 bits per heavy atom. The molecule has 0 amide bonds. The van der Waals surface area contributed by atoms with Gasteiger partial charge in [-0.25, -0.2) is 0 Å². The molecule has 0 spiro atoms. The van der Waals surface area contributed by atoms with E-state index < -0.39 is 0 Å². The zero-order valence-electron chi connectivity index (χ0n) is 30.8. The molecule has 0 heterocycles. The maximum absolute atomic E-state index is 2.47. The summed E-state index contributed by atoms with van der Waals surface area (Å²) >= 11 is 0. The van der Waals surface area contributed by atoms with Crippen molar-refractivity contribution >= 4 is 43.1 Å². The molecule has 56 heavy (non-hydrogen) atoms. The van der Waals surface area contributed by atoms with Gasteiger partial charge in [0.25, 0.3) is 0 Å². The molecule has 0 nitrogen and oxygen atoms in total. The Bertz CT molecular complexity index is 2980. The Labute approximate surface area is 326 Å². The van der Waals surface area contributed by atoms with Crippen LogP contribution in [-0.2, 0) is 0 Å². The molecule has 11 aromatic carbocycles. The highest BCUT2D eigenvalue weighted by atomic mass is 14.2. The molecule has 0 atom stereocenters. The number of hydrogen-bond acceptors (Lipinski definition) is 0. The van der Waals surface area contributed by atoms with Gasteiger partial charge < -0.3 is 0 Å². The minimum absolute atomic E-state index is 1.21. The molecule has 260 valence electrons. The van der Waals surface area contributed by atoms with E-state index in [2.05, 4.69) is 218 Å². The number of hydrogen-bond donors (Lipinski definition) is 0. The molecule has 0 bridgehead atoms. The quantitative estimate of drug-likeness (QED) is 0.119. The zero-order chi connectivity index (χ0) is 37.0. The lowest BCUT2D eigenvalue weighted by Crippen LogP contribution is -1.92. The number of rotatable bonds is 6. The van der Waals surface area contributed by atoms with Gasteiger partial charge in [0, 0.05) is 0 Å². The molecule has 0 aliphatic rings. The molecule has 0 N–H and O–H groups in total. The first kappa shape index (κ1) is 32.2. The predicted octanol–water partition coefficient (Wildman–Crippen LogP) is 15.7. The van der Waals surface area contributed by atoms with E-state index in [1.54, 1.807) is 0 Å². The Morgan fingerprint density at radius 3 is 0.946 bits per heavy atom. The van der Waals surface area contributed by atoms with Gasteiger partial charge in [0.2, 0.25) is 0 Å². The topological polar surface area (TPSA) is 0 Å². The number of fused-ring (bicyclic) bond motifs is 2. The van der Waals surface area contributed by atoms with Crippen LogP contribution >= 0.6 is 0 Å². The van der Waals surface area contributed by atoms with E-state index in [0.717, 1.165) is 0 Å². The Kier molecular flexibility index (Phi) is 7.60. The van der Waals surface area contributed by atoms with Gasteiger partial charge in [-0.05, 0) is 146 Å². The van der Waals surface area contributed by atoms with Crippen molar-refractivity contribution in [1.29, 1.82) is 0 Å². The van der Waals surface area contributed by atoms with Crippen molar-refractivity contribution in [3.05, 3.63) is 218 Å². The van der Waals surface area contributed by atoms with Crippen molar-refractivity contribution < 1.29 is 0 Å². The van der Waals surface area contributed by atoms with Crippen LogP contribution in [0.4, 0.5) is 0 Å². The zero-order valence-corrected chi connectivity index (χ0v) is 30.8. The summed E-state index contributed by atoms with van der Waals surface area (Å²) in [6.07, 6.45) is 0. The summed E-state index contributed by atoms with van der Waals surface area (Å²) < 4.78 is 0. The van der Waals surface area contributed by atoms with Crippen LogP contribution < -0.4 is 0 Å². The van der Waals surface area contributed by atoms with E-state index in [9.17, 15) is 0 Å². The lowest BCUT2D eigenvalue weighted by Gasteiger charge is -2.19. The van der Waals surface area contributed by atoms with Crippen molar-refractivity contribution in [1.82, 2.24) is 0 Å². The highest BCUT2D eigenvalue weighted by molar-refractivity contribution is 6.34. The fraction of sp³-hybridized carbons (Fsp3) is 0. The van der Waals surface area contributed by atoms with Crippen molar-refractivity contribution in [3.8, 4) is 66.8 Å². The molecule has 0 radical (unpaired) electrons. The number of benzene rings is 11. The van der Waals surface area contributed by atoms with Crippen molar-refractivity contribution in [2.45, 2.75) is 0 Å². The van der Waals surface area contributed by atoms with E-state index in [1.807, 2.05) is 0 Å². The smallest absolute Gasteiger partial charge is 0.00259 e. The van der Waals surface area contributed by atoms with Gasteiger partial charge in [0.15, 0.2) is 0 Å². The molecule has 0 fully saturated rings. The average Bonchev–Trinajstić information content (AvgIpc) is 3.28. The summed E-state index contributed by atoms with van der Waals surface area (Å²) in [7, 11) is 0. The highest BCUT2D eigenvalue weighted by Gasteiger charge is 2.19. The van der Waals surface area contributed by atoms with E-state index in [4.69, 9.17) is 0 Å². The molecule has 0 aliphatic heterocycles. The average molecular weight is 709 g/mol. The highest BCUT2D eigenvalue weighted by Crippen LogP contribution is 2.46. The van der Waals surface area contributed by atoms with Gasteiger partial charge in [-0.1, -0.05) is 182 Å². The van der Waals surface area contributed by atoms with Crippen LogP contribution in [0.25, 0.3) is 110 Å². The summed E-state index contributed by atoms with van der Waals surface area (Å²) in [5.74, 6) is 0. The van der Waals surface area contributed by atoms with Crippen LogP contribution in [-0.4, -0.2) is 0 Å². The maximum atomic E-state index is 2.47. The first-order chi connectivity index (χ1) is 27.8. The summed E-state index contributed by atoms with van der Waals surface area (Å²) in [5, 5.41) is 10.3. The van der Waals surface area contributed by atoms with Gasteiger partial charge >= 0.3 is 0 Å². The Hall–Kier alpha value is -7.28. The summed E-state index contributed by atoms with van der Waals surface area (Å²) in [6, 6.07) is 80.4. The monoisotopic (exact) mass is 708 g/mol. The first-order valence-electron chi connectivity index (χ1n) is 19.4. The molecule has 0 unspecified atom stereocenters. The largest absolute Gasteiger partial charge is 0.0622 e. The van der Waals surface area contributed by atoms with Crippen molar-refractivity contribution in [2.24, 2.45) is 0 Å². The molecule has 0 heteroatoms. The Balaban J connectivity index is 1.22. The minimum Gasteiger partial charge on any atom is -0.0622 e. The lowest BCUT2D eigenvalue weighted by atomic mass is 9.84.